The number of ether oxygens (including phenoxy) is 1. The normalized spacial score (nSPS) is 12.0. The lowest BCUT2D eigenvalue weighted by molar-refractivity contribution is -0.122. The fourth-order valence-electron chi connectivity index (χ4n) is 17.8. The second-order valence-electron chi connectivity index (χ2n) is 34.6. The van der Waals surface area contributed by atoms with Crippen LogP contribution in [-0.4, -0.2) is 92.5 Å². The summed E-state index contributed by atoms with van der Waals surface area (Å²) in [7, 11) is 0. The monoisotopic (exact) mass is 1740 g/mol. The van der Waals surface area contributed by atoms with E-state index in [0.717, 1.165) is 229 Å². The van der Waals surface area contributed by atoms with Gasteiger partial charge in [0.25, 0.3) is 5.91 Å². The molecule has 0 bridgehead atoms. The predicted molar refractivity (Wildman–Crippen MR) is 535 cm³/mol. The molecule has 1 saturated heterocycles. The maximum absolute atomic E-state index is 13.0. The third-order valence-corrected chi connectivity index (χ3v) is 24.9. The summed E-state index contributed by atoms with van der Waals surface area (Å²) < 4.78 is 12.3. The number of imidazole rings is 3. The van der Waals surface area contributed by atoms with Gasteiger partial charge in [-0.05, 0) is 232 Å². The van der Waals surface area contributed by atoms with Crippen LogP contribution in [0.4, 0.5) is 0 Å². The molecule has 0 unspecified atom stereocenters. The summed E-state index contributed by atoms with van der Waals surface area (Å²) in [5, 5.41) is 9.49. The maximum atomic E-state index is 13.0. The first-order valence-electron chi connectivity index (χ1n) is 46.4. The summed E-state index contributed by atoms with van der Waals surface area (Å²) in [5.74, 6) is 3.20. The molecular formula is C115H117N13O4. The number of nitrogens with one attached hydrogen (secondary N) is 3. The quantitative estimate of drug-likeness (QED) is 0.0404. The number of pyridine rings is 3. The summed E-state index contributed by atoms with van der Waals surface area (Å²) in [6.07, 6.45) is 4.95. The highest BCUT2D eigenvalue weighted by Crippen LogP contribution is 2.36. The molecule has 0 radical (unpaired) electrons. The van der Waals surface area contributed by atoms with Crippen molar-refractivity contribution in [3.8, 4) is 55.6 Å². The lowest BCUT2D eigenvalue weighted by Gasteiger charge is -2.27. The Morgan fingerprint density at radius 3 is 1.02 bits per heavy atom. The fourth-order valence-corrected chi connectivity index (χ4v) is 17.8. The van der Waals surface area contributed by atoms with E-state index in [1.165, 1.54) is 38.9 Å². The molecule has 3 amide bonds. The zero-order valence-electron chi connectivity index (χ0n) is 77.5. The summed E-state index contributed by atoms with van der Waals surface area (Å²) in [6.45, 7) is 28.7. The average Bonchev–Trinajstić information content (AvgIpc) is 1.45. The number of aromatic nitrogens is 9. The van der Waals surface area contributed by atoms with Gasteiger partial charge in [-0.3, -0.25) is 19.3 Å². The van der Waals surface area contributed by atoms with Gasteiger partial charge in [0.2, 0.25) is 11.8 Å². The molecule has 17 aromatic rings. The Morgan fingerprint density at radius 1 is 0.311 bits per heavy atom. The highest BCUT2D eigenvalue weighted by atomic mass is 16.5. The second-order valence-corrected chi connectivity index (χ2v) is 34.6. The van der Waals surface area contributed by atoms with E-state index < -0.39 is 0 Å². The van der Waals surface area contributed by atoms with E-state index in [1.807, 2.05) is 100 Å². The molecular weight excluding hydrogens is 1630 g/mol. The third kappa shape index (κ3) is 22.4. The van der Waals surface area contributed by atoms with E-state index in [2.05, 4.69) is 294 Å². The van der Waals surface area contributed by atoms with Crippen LogP contribution in [0.5, 0.6) is 0 Å². The van der Waals surface area contributed by atoms with Gasteiger partial charge in [0.1, 0.15) is 34.0 Å². The molecule has 0 saturated carbocycles. The second kappa shape index (κ2) is 42.9. The summed E-state index contributed by atoms with van der Waals surface area (Å²) in [5.41, 5.74) is 35.8. The number of hydrogen-bond donors (Lipinski definition) is 3. The standard InChI is InChI=1S/C39H38N4O.C38H43N5O2.C38H36N4O/c1-4-36-42-38-27(2)23-28(3)41-39(38)43(36)26-30-15-18-32(19-16-30)35-24-33(31-13-9-6-10-14-31)20-21-34(35)25-40-37(44)22-17-29-11-7-5-8-12-29;1-4-35-41-37-27(2)22-28(3)40-38(37)43(35)26-30-10-14-32(15-11-30)34-23-31(25-42-18-20-45-21-19-42)12-16-33(34)24-39-36(44)17-13-29-8-6-5-7-9-29;1-5-35-41-36-26(3)21-27(4)40-37(36)42(35)24-28-15-17-30(18-16-28)34-22-31(29-12-7-6-8-13-29)19-20-32(34)23-39-38(43)33-14-10-9-11-25(33)2/h5-16,18-21,23-24H,4,17,22,25-26H2,1-3H3,(H,40,44);5-12,14-16,22-23H,4,13,17-21,24-26H2,1-3H3,(H,39,44);6-22H,5,23-24H2,1-4H3,(H,39,43). The molecule has 132 heavy (non-hydrogen) atoms. The lowest BCUT2D eigenvalue weighted by atomic mass is 9.94. The van der Waals surface area contributed by atoms with E-state index in [-0.39, 0.29) is 17.7 Å². The number of benzene rings is 11. The number of aryl methyl sites for hydroxylation is 12. The first-order valence-corrected chi connectivity index (χ1v) is 46.4. The van der Waals surface area contributed by atoms with Gasteiger partial charge in [-0.1, -0.05) is 269 Å². The van der Waals surface area contributed by atoms with Crippen molar-refractivity contribution in [2.45, 2.75) is 160 Å². The summed E-state index contributed by atoms with van der Waals surface area (Å²) in [6, 6.07) is 101. The molecule has 7 heterocycles. The van der Waals surface area contributed by atoms with Crippen molar-refractivity contribution < 1.29 is 19.1 Å². The van der Waals surface area contributed by atoms with Gasteiger partial charge < -0.3 is 34.4 Å². The summed E-state index contributed by atoms with van der Waals surface area (Å²) >= 11 is 0. The maximum Gasteiger partial charge on any atom is 0.251 e. The number of carbonyl (C=O) groups is 3. The van der Waals surface area contributed by atoms with Crippen LogP contribution in [0.1, 0.15) is 151 Å². The molecule has 17 heteroatoms. The molecule has 0 aliphatic carbocycles. The van der Waals surface area contributed by atoms with Crippen LogP contribution >= 0.6 is 0 Å². The smallest absolute Gasteiger partial charge is 0.251 e. The van der Waals surface area contributed by atoms with Crippen molar-refractivity contribution in [3.05, 3.63) is 404 Å². The SMILES string of the molecule is CCc1nc2c(C)cc(C)nc2n1Cc1ccc(-c2cc(-c3ccccc3)ccc2CNC(=O)CCc2ccccc2)cc1.CCc1nc2c(C)cc(C)nc2n1Cc1ccc(-c2cc(-c3ccccc3)ccc2CNC(=O)c2ccccc2C)cc1.CCc1nc2c(C)cc(C)nc2n1Cc1ccc(-c2cc(CN3CCOCC3)ccc2CNC(=O)CCc2ccccc2)cc1. The van der Waals surface area contributed by atoms with Crippen molar-refractivity contribution in [1.82, 2.24) is 64.5 Å². The Morgan fingerprint density at radius 2 is 0.644 bits per heavy atom. The van der Waals surface area contributed by atoms with Crippen LogP contribution in [0.2, 0.25) is 0 Å². The molecule has 3 N–H and O–H groups in total. The number of carbonyl (C=O) groups excluding carboxylic acids is 3. The molecule has 0 atom stereocenters. The zero-order chi connectivity index (χ0) is 91.6. The van der Waals surface area contributed by atoms with Crippen LogP contribution in [0.15, 0.2) is 291 Å². The van der Waals surface area contributed by atoms with Crippen molar-refractivity contribution in [2.75, 3.05) is 26.3 Å². The van der Waals surface area contributed by atoms with Crippen molar-refractivity contribution in [1.29, 1.82) is 0 Å². The Bertz CT molecular complexity index is 6880. The van der Waals surface area contributed by atoms with Crippen molar-refractivity contribution >= 4 is 51.2 Å². The highest BCUT2D eigenvalue weighted by Gasteiger charge is 2.22. The molecule has 1 fully saturated rings. The molecule has 666 valence electrons. The van der Waals surface area contributed by atoms with Gasteiger partial charge >= 0.3 is 0 Å². The van der Waals surface area contributed by atoms with E-state index in [9.17, 15) is 14.4 Å². The Balaban J connectivity index is 0.000000144. The molecule has 17 nitrogen and oxygen atoms in total. The number of rotatable bonds is 29. The largest absolute Gasteiger partial charge is 0.379 e. The van der Waals surface area contributed by atoms with Crippen molar-refractivity contribution in [3.63, 3.8) is 0 Å². The van der Waals surface area contributed by atoms with E-state index >= 15 is 0 Å². The number of morpholine rings is 1. The lowest BCUT2D eigenvalue weighted by Crippen LogP contribution is -2.35. The first-order chi connectivity index (χ1) is 64.3. The van der Waals surface area contributed by atoms with Crippen LogP contribution in [0.3, 0.4) is 0 Å². The van der Waals surface area contributed by atoms with Crippen molar-refractivity contribution in [2.24, 2.45) is 0 Å². The topological polar surface area (TPSA) is 192 Å². The molecule has 6 aromatic heterocycles. The number of amides is 3. The van der Waals surface area contributed by atoms with E-state index in [4.69, 9.17) is 34.6 Å². The van der Waals surface area contributed by atoms with Gasteiger partial charge in [0.05, 0.1) is 32.8 Å². The van der Waals surface area contributed by atoms with Crippen LogP contribution in [-0.2, 0) is 92.2 Å². The van der Waals surface area contributed by atoms with Gasteiger partial charge in [-0.2, -0.15) is 0 Å². The minimum Gasteiger partial charge on any atom is -0.379 e. The Labute approximate surface area is 775 Å². The molecule has 0 spiro atoms. The van der Waals surface area contributed by atoms with Crippen LogP contribution in [0, 0.1) is 48.5 Å². The van der Waals surface area contributed by atoms with Gasteiger partial charge in [-0.25, -0.2) is 29.9 Å². The minimum absolute atomic E-state index is 0.0562. The Hall–Kier alpha value is -14.4. The predicted octanol–water partition coefficient (Wildman–Crippen LogP) is 22.9. The highest BCUT2D eigenvalue weighted by molar-refractivity contribution is 5.96. The van der Waals surface area contributed by atoms with Gasteiger partial charge in [0.15, 0.2) is 16.9 Å². The third-order valence-electron chi connectivity index (χ3n) is 24.9. The van der Waals surface area contributed by atoms with Crippen LogP contribution < -0.4 is 16.0 Å². The van der Waals surface area contributed by atoms with Gasteiger partial charge in [-0.15, -0.1) is 0 Å². The minimum atomic E-state index is -0.0649. The molecule has 11 aromatic carbocycles. The van der Waals surface area contributed by atoms with Crippen LogP contribution in [0.25, 0.3) is 89.1 Å². The first kappa shape index (κ1) is 90.9. The summed E-state index contributed by atoms with van der Waals surface area (Å²) in [4.78, 5) is 70.4. The zero-order valence-corrected chi connectivity index (χ0v) is 77.5. The molecule has 1 aliphatic rings. The molecule has 1 aliphatic heterocycles. The number of fused-ring (bicyclic) bond motifs is 3. The molecule has 18 rings (SSSR count). The average molecular weight is 1750 g/mol. The van der Waals surface area contributed by atoms with E-state index in [0.29, 0.717) is 51.1 Å². The fraction of sp³-hybridized carbons (Fsp3) is 0.243. The van der Waals surface area contributed by atoms with Gasteiger partial charge in [0, 0.05) is 94.0 Å². The number of hydrogen-bond acceptors (Lipinski definition) is 11. The number of nitrogens with zero attached hydrogens (tertiary/aromatic N) is 10. The Kier molecular flexibility index (Phi) is 29.6. The van der Waals surface area contributed by atoms with E-state index in [1.54, 1.807) is 0 Å².